The number of halogens is 2. The van der Waals surface area contributed by atoms with E-state index in [-0.39, 0.29) is 28.6 Å². The summed E-state index contributed by atoms with van der Waals surface area (Å²) in [5.41, 5.74) is 0.979. The molecule has 2 aromatic rings. The molecule has 0 bridgehead atoms. The van der Waals surface area contributed by atoms with Gasteiger partial charge in [0.25, 0.3) is 5.91 Å². The van der Waals surface area contributed by atoms with E-state index in [1.807, 2.05) is 19.1 Å². The van der Waals surface area contributed by atoms with Gasteiger partial charge in [0, 0.05) is 6.54 Å². The fraction of sp³-hybridized carbons (Fsp3) is 0.263. The Morgan fingerprint density at radius 3 is 2.27 bits per heavy atom. The van der Waals surface area contributed by atoms with Gasteiger partial charge in [-0.05, 0) is 43.2 Å². The maximum atomic E-state index is 12.3. The van der Waals surface area contributed by atoms with Crippen molar-refractivity contribution in [3.63, 3.8) is 0 Å². The highest BCUT2D eigenvalue weighted by atomic mass is 35.5. The number of amides is 1. The second-order valence-electron chi connectivity index (χ2n) is 5.62. The molecule has 0 heterocycles. The summed E-state index contributed by atoms with van der Waals surface area (Å²) in [6, 6.07) is 11.9. The molecular weight excluding hydrogens is 377 g/mol. The summed E-state index contributed by atoms with van der Waals surface area (Å²) in [6.45, 7) is 2.42. The van der Waals surface area contributed by atoms with Crippen LogP contribution >= 0.6 is 23.2 Å². The van der Waals surface area contributed by atoms with E-state index in [4.69, 9.17) is 27.9 Å². The fourth-order valence-corrected chi connectivity index (χ4v) is 3.01. The third-order valence-electron chi connectivity index (χ3n) is 3.76. The zero-order valence-electron chi connectivity index (χ0n) is 14.2. The van der Waals surface area contributed by atoms with Gasteiger partial charge in [-0.3, -0.25) is 9.59 Å². The standard InChI is InChI=1S/C19H19Cl2NO4/c1-2-26-14-8-6-12(7-9-14)10-13(19(24)25)11-22-18(23)17-15(20)4-3-5-16(17)21/h3-9,13H,2,10-11H2,1H3,(H,22,23)(H,24,25). The molecule has 2 aromatic carbocycles. The molecule has 0 aliphatic heterocycles. The Bertz CT molecular complexity index is 757. The average Bonchev–Trinajstić information content (AvgIpc) is 2.60. The molecule has 1 unspecified atom stereocenters. The molecule has 5 nitrogen and oxygen atoms in total. The number of carboxylic acids is 1. The highest BCUT2D eigenvalue weighted by Crippen LogP contribution is 2.24. The number of aliphatic carboxylic acids is 1. The first-order valence-corrected chi connectivity index (χ1v) is 8.84. The number of hydrogen-bond acceptors (Lipinski definition) is 3. The number of ether oxygens (including phenoxy) is 1. The van der Waals surface area contributed by atoms with Crippen LogP contribution in [0.3, 0.4) is 0 Å². The first kappa shape index (κ1) is 20.1. The van der Waals surface area contributed by atoms with Crippen LogP contribution < -0.4 is 10.1 Å². The van der Waals surface area contributed by atoms with Crippen LogP contribution in [0.25, 0.3) is 0 Å². The molecular formula is C19H19Cl2NO4. The second-order valence-corrected chi connectivity index (χ2v) is 6.44. The molecule has 0 aromatic heterocycles. The zero-order valence-corrected chi connectivity index (χ0v) is 15.7. The third-order valence-corrected chi connectivity index (χ3v) is 4.39. The minimum absolute atomic E-state index is 0.0388. The smallest absolute Gasteiger partial charge is 0.308 e. The lowest BCUT2D eigenvalue weighted by atomic mass is 9.99. The summed E-state index contributed by atoms with van der Waals surface area (Å²) in [6.07, 6.45) is 0.276. The van der Waals surface area contributed by atoms with Crippen LogP contribution in [0.5, 0.6) is 5.75 Å². The average molecular weight is 396 g/mol. The summed E-state index contributed by atoms with van der Waals surface area (Å²) in [4.78, 5) is 23.8. The Hall–Kier alpha value is -2.24. The molecule has 1 atom stereocenters. The molecule has 0 spiro atoms. The summed E-state index contributed by atoms with van der Waals surface area (Å²) in [5.74, 6) is -1.55. The third kappa shape index (κ3) is 5.38. The summed E-state index contributed by atoms with van der Waals surface area (Å²) in [7, 11) is 0. The van der Waals surface area contributed by atoms with Crippen molar-refractivity contribution in [3.05, 3.63) is 63.6 Å². The van der Waals surface area contributed by atoms with Crippen molar-refractivity contribution in [3.8, 4) is 5.75 Å². The van der Waals surface area contributed by atoms with Gasteiger partial charge in [-0.2, -0.15) is 0 Å². The van der Waals surface area contributed by atoms with Gasteiger partial charge in [-0.1, -0.05) is 41.4 Å². The normalized spacial score (nSPS) is 11.7. The van der Waals surface area contributed by atoms with Crippen LogP contribution in [0.1, 0.15) is 22.8 Å². The van der Waals surface area contributed by atoms with Crippen molar-refractivity contribution >= 4 is 35.1 Å². The maximum absolute atomic E-state index is 12.3. The molecule has 2 rings (SSSR count). The van der Waals surface area contributed by atoms with Crippen molar-refractivity contribution in [1.29, 1.82) is 0 Å². The zero-order chi connectivity index (χ0) is 19.1. The quantitative estimate of drug-likeness (QED) is 0.706. The minimum Gasteiger partial charge on any atom is -0.494 e. The minimum atomic E-state index is -0.996. The van der Waals surface area contributed by atoms with E-state index >= 15 is 0 Å². The number of rotatable bonds is 8. The molecule has 7 heteroatoms. The van der Waals surface area contributed by atoms with E-state index in [0.29, 0.717) is 6.61 Å². The van der Waals surface area contributed by atoms with E-state index < -0.39 is 17.8 Å². The second kappa shape index (κ2) is 9.46. The van der Waals surface area contributed by atoms with Crippen LogP contribution in [-0.4, -0.2) is 30.1 Å². The number of carbonyl (C=O) groups excluding carboxylic acids is 1. The molecule has 0 aliphatic carbocycles. The maximum Gasteiger partial charge on any atom is 0.308 e. The van der Waals surface area contributed by atoms with Crippen molar-refractivity contribution < 1.29 is 19.4 Å². The van der Waals surface area contributed by atoms with E-state index in [9.17, 15) is 14.7 Å². The lowest BCUT2D eigenvalue weighted by molar-refractivity contribution is -0.141. The predicted molar refractivity (Wildman–Crippen MR) is 101 cm³/mol. The van der Waals surface area contributed by atoms with Crippen LogP contribution in [0.4, 0.5) is 0 Å². The fourth-order valence-electron chi connectivity index (χ4n) is 2.44. The van der Waals surface area contributed by atoms with Gasteiger partial charge in [0.1, 0.15) is 5.75 Å². The van der Waals surface area contributed by atoms with Crippen molar-refractivity contribution in [2.24, 2.45) is 5.92 Å². The molecule has 0 saturated heterocycles. The lowest BCUT2D eigenvalue weighted by Gasteiger charge is -2.15. The van der Waals surface area contributed by atoms with E-state index in [1.165, 1.54) is 0 Å². The van der Waals surface area contributed by atoms with Crippen LogP contribution in [0, 0.1) is 5.92 Å². The first-order chi connectivity index (χ1) is 12.4. The van der Waals surface area contributed by atoms with Crippen LogP contribution in [0.15, 0.2) is 42.5 Å². The van der Waals surface area contributed by atoms with Gasteiger partial charge >= 0.3 is 5.97 Å². The summed E-state index contributed by atoms with van der Waals surface area (Å²) in [5, 5.41) is 12.5. The highest BCUT2D eigenvalue weighted by Gasteiger charge is 2.21. The SMILES string of the molecule is CCOc1ccc(CC(CNC(=O)c2c(Cl)cccc2Cl)C(=O)O)cc1. The summed E-state index contributed by atoms with van der Waals surface area (Å²) >= 11 is 12.0. The molecule has 0 radical (unpaired) electrons. The van der Waals surface area contributed by atoms with Gasteiger partial charge < -0.3 is 15.2 Å². The van der Waals surface area contributed by atoms with Crippen molar-refractivity contribution in [2.45, 2.75) is 13.3 Å². The van der Waals surface area contributed by atoms with E-state index in [2.05, 4.69) is 5.32 Å². The van der Waals surface area contributed by atoms with E-state index in [0.717, 1.165) is 11.3 Å². The Kier molecular flexibility index (Phi) is 7.30. The summed E-state index contributed by atoms with van der Waals surface area (Å²) < 4.78 is 5.37. The van der Waals surface area contributed by atoms with Crippen molar-refractivity contribution in [1.82, 2.24) is 5.32 Å². The molecule has 138 valence electrons. The highest BCUT2D eigenvalue weighted by molar-refractivity contribution is 6.39. The Balaban J connectivity index is 2.02. The van der Waals surface area contributed by atoms with Gasteiger partial charge in [0.15, 0.2) is 0 Å². The predicted octanol–water partition coefficient (Wildman–Crippen LogP) is 4.07. The van der Waals surface area contributed by atoms with E-state index in [1.54, 1.807) is 30.3 Å². The number of benzene rings is 2. The van der Waals surface area contributed by atoms with Gasteiger partial charge in [0.05, 0.1) is 28.1 Å². The van der Waals surface area contributed by atoms with Gasteiger partial charge in [-0.15, -0.1) is 0 Å². The Morgan fingerprint density at radius 2 is 1.73 bits per heavy atom. The number of carbonyl (C=O) groups is 2. The molecule has 1 amide bonds. The molecule has 0 saturated carbocycles. The monoisotopic (exact) mass is 395 g/mol. The van der Waals surface area contributed by atoms with Crippen molar-refractivity contribution in [2.75, 3.05) is 13.2 Å². The van der Waals surface area contributed by atoms with Crippen LogP contribution in [0.2, 0.25) is 10.0 Å². The van der Waals surface area contributed by atoms with Gasteiger partial charge in [-0.25, -0.2) is 0 Å². The lowest BCUT2D eigenvalue weighted by Crippen LogP contribution is -2.34. The molecule has 26 heavy (non-hydrogen) atoms. The first-order valence-electron chi connectivity index (χ1n) is 8.09. The Labute approximate surface area is 161 Å². The molecule has 0 fully saturated rings. The largest absolute Gasteiger partial charge is 0.494 e. The number of hydrogen-bond donors (Lipinski definition) is 2. The molecule has 0 aliphatic rings. The number of carboxylic acid groups (broad SMARTS) is 1. The van der Waals surface area contributed by atoms with Gasteiger partial charge in [0.2, 0.25) is 0 Å². The van der Waals surface area contributed by atoms with Crippen LogP contribution in [-0.2, 0) is 11.2 Å². The topological polar surface area (TPSA) is 75.6 Å². The Morgan fingerprint density at radius 1 is 1.12 bits per heavy atom. The number of nitrogens with one attached hydrogen (secondary N) is 1. The molecule has 2 N–H and O–H groups in total.